The maximum absolute atomic E-state index is 12.0. The maximum Gasteiger partial charge on any atom is 0.220 e. The highest BCUT2D eigenvalue weighted by molar-refractivity contribution is 5.85. The van der Waals surface area contributed by atoms with Crippen LogP contribution in [0.15, 0.2) is 30.3 Å². The molecule has 1 aromatic rings. The van der Waals surface area contributed by atoms with Gasteiger partial charge in [-0.1, -0.05) is 37.3 Å². The lowest BCUT2D eigenvalue weighted by Gasteiger charge is -2.27. The molecule has 4 heteroatoms. The monoisotopic (exact) mass is 296 g/mol. The van der Waals surface area contributed by atoms with Gasteiger partial charge in [0.25, 0.3) is 0 Å². The zero-order valence-electron chi connectivity index (χ0n) is 12.0. The molecule has 0 bridgehead atoms. The van der Waals surface area contributed by atoms with Gasteiger partial charge in [-0.05, 0) is 37.2 Å². The molecule has 1 aromatic carbocycles. The summed E-state index contributed by atoms with van der Waals surface area (Å²) in [6, 6.07) is 10.9. The molecule has 2 rings (SSSR count). The van der Waals surface area contributed by atoms with Crippen molar-refractivity contribution in [2.45, 2.75) is 57.0 Å². The van der Waals surface area contributed by atoms with Gasteiger partial charge in [-0.2, -0.15) is 0 Å². The smallest absolute Gasteiger partial charge is 0.220 e. The second kappa shape index (κ2) is 8.28. The van der Waals surface area contributed by atoms with Gasteiger partial charge in [0.1, 0.15) is 0 Å². The van der Waals surface area contributed by atoms with Gasteiger partial charge in [-0.15, -0.1) is 12.4 Å². The third kappa shape index (κ3) is 5.14. The van der Waals surface area contributed by atoms with Gasteiger partial charge in [0.15, 0.2) is 0 Å². The molecule has 1 aliphatic carbocycles. The van der Waals surface area contributed by atoms with Gasteiger partial charge in [0, 0.05) is 18.5 Å². The van der Waals surface area contributed by atoms with E-state index in [0.29, 0.717) is 18.5 Å². The zero-order valence-corrected chi connectivity index (χ0v) is 12.9. The summed E-state index contributed by atoms with van der Waals surface area (Å²) < 4.78 is 0. The molecule has 0 heterocycles. The fourth-order valence-electron chi connectivity index (χ4n) is 2.73. The number of rotatable bonds is 4. The Morgan fingerprint density at radius 2 is 1.85 bits per heavy atom. The quantitative estimate of drug-likeness (QED) is 0.897. The summed E-state index contributed by atoms with van der Waals surface area (Å²) in [6.07, 6.45) is 4.66. The molecule has 1 atom stereocenters. The minimum atomic E-state index is 0. The van der Waals surface area contributed by atoms with Crippen molar-refractivity contribution in [2.75, 3.05) is 0 Å². The van der Waals surface area contributed by atoms with E-state index in [4.69, 9.17) is 5.73 Å². The second-order valence-corrected chi connectivity index (χ2v) is 5.70. The first-order valence-electron chi connectivity index (χ1n) is 7.25. The molecule has 0 saturated heterocycles. The Morgan fingerprint density at radius 3 is 2.45 bits per heavy atom. The highest BCUT2D eigenvalue weighted by Gasteiger charge is 2.20. The third-order valence-electron chi connectivity index (χ3n) is 4.00. The molecule has 0 aromatic heterocycles. The van der Waals surface area contributed by atoms with Crippen molar-refractivity contribution in [3.05, 3.63) is 35.9 Å². The number of amides is 1. The van der Waals surface area contributed by atoms with E-state index in [1.807, 2.05) is 18.2 Å². The average Bonchev–Trinajstić information content (AvgIpc) is 2.42. The minimum Gasteiger partial charge on any atom is -0.353 e. The topological polar surface area (TPSA) is 55.1 Å². The largest absolute Gasteiger partial charge is 0.353 e. The summed E-state index contributed by atoms with van der Waals surface area (Å²) in [6.45, 7) is 2.10. The molecule has 112 valence electrons. The third-order valence-corrected chi connectivity index (χ3v) is 4.00. The summed E-state index contributed by atoms with van der Waals surface area (Å²) in [5, 5.41) is 3.15. The van der Waals surface area contributed by atoms with Gasteiger partial charge in [0.2, 0.25) is 5.91 Å². The van der Waals surface area contributed by atoms with E-state index < -0.39 is 0 Å². The number of carbonyl (C=O) groups is 1. The number of hydrogen-bond acceptors (Lipinski definition) is 2. The number of nitrogens with two attached hydrogens (primary N) is 1. The number of hydrogen-bond donors (Lipinski definition) is 2. The number of nitrogens with one attached hydrogen (secondary N) is 1. The van der Waals surface area contributed by atoms with Gasteiger partial charge in [-0.3, -0.25) is 4.79 Å². The molecular formula is C16H25ClN2O. The summed E-state index contributed by atoms with van der Waals surface area (Å²) in [7, 11) is 0. The first-order chi connectivity index (χ1) is 9.15. The van der Waals surface area contributed by atoms with Crippen molar-refractivity contribution >= 4 is 18.3 Å². The van der Waals surface area contributed by atoms with E-state index in [1.54, 1.807) is 0 Å². The molecule has 0 spiro atoms. The Hall–Kier alpha value is -1.06. The Labute approximate surface area is 127 Å². The number of carbonyl (C=O) groups excluding carboxylic acids is 1. The van der Waals surface area contributed by atoms with E-state index in [-0.39, 0.29) is 24.2 Å². The summed E-state index contributed by atoms with van der Waals surface area (Å²) >= 11 is 0. The Kier molecular flexibility index (Phi) is 7.03. The Bertz CT molecular complexity index is 402. The predicted molar refractivity (Wildman–Crippen MR) is 85.1 cm³/mol. The lowest BCUT2D eigenvalue weighted by molar-refractivity contribution is -0.122. The van der Waals surface area contributed by atoms with Crippen molar-refractivity contribution in [1.82, 2.24) is 5.32 Å². The Morgan fingerprint density at radius 1 is 1.25 bits per heavy atom. The van der Waals surface area contributed by atoms with Crippen LogP contribution in [0.1, 0.15) is 50.5 Å². The standard InChI is InChI=1S/C16H24N2O.ClH/c1-12(13-5-3-2-4-6-13)11-16(19)18-15-9-7-14(17)8-10-15;/h2-6,12,14-15H,7-11,17H2,1H3,(H,18,19);1H. The predicted octanol–water partition coefficient (Wildman–Crippen LogP) is 2.99. The molecule has 1 amide bonds. The first-order valence-corrected chi connectivity index (χ1v) is 7.25. The van der Waals surface area contributed by atoms with Crippen molar-refractivity contribution < 1.29 is 4.79 Å². The van der Waals surface area contributed by atoms with Crippen LogP contribution >= 0.6 is 12.4 Å². The summed E-state index contributed by atoms with van der Waals surface area (Å²) in [5.74, 6) is 0.434. The van der Waals surface area contributed by atoms with Crippen LogP contribution in [0.2, 0.25) is 0 Å². The van der Waals surface area contributed by atoms with Crippen molar-refractivity contribution in [3.8, 4) is 0 Å². The lowest BCUT2D eigenvalue weighted by atomic mass is 9.91. The van der Waals surface area contributed by atoms with Gasteiger partial charge in [0.05, 0.1) is 0 Å². The minimum absolute atomic E-state index is 0. The number of halogens is 1. The molecule has 3 N–H and O–H groups in total. The van der Waals surface area contributed by atoms with Crippen molar-refractivity contribution in [3.63, 3.8) is 0 Å². The molecule has 0 radical (unpaired) electrons. The van der Waals surface area contributed by atoms with Gasteiger partial charge in [-0.25, -0.2) is 0 Å². The van der Waals surface area contributed by atoms with Crippen LogP contribution in [-0.2, 0) is 4.79 Å². The van der Waals surface area contributed by atoms with E-state index in [9.17, 15) is 4.79 Å². The fourth-order valence-corrected chi connectivity index (χ4v) is 2.73. The van der Waals surface area contributed by atoms with Crippen LogP contribution in [0.25, 0.3) is 0 Å². The molecule has 0 aliphatic heterocycles. The van der Waals surface area contributed by atoms with Crippen LogP contribution in [0.4, 0.5) is 0 Å². The lowest BCUT2D eigenvalue weighted by Crippen LogP contribution is -2.40. The van der Waals surface area contributed by atoms with Crippen LogP contribution in [-0.4, -0.2) is 18.0 Å². The molecular weight excluding hydrogens is 272 g/mol. The fraction of sp³-hybridized carbons (Fsp3) is 0.562. The van der Waals surface area contributed by atoms with Crippen LogP contribution in [0.5, 0.6) is 0 Å². The van der Waals surface area contributed by atoms with E-state index in [0.717, 1.165) is 25.7 Å². The zero-order chi connectivity index (χ0) is 13.7. The van der Waals surface area contributed by atoms with Crippen LogP contribution in [0.3, 0.4) is 0 Å². The maximum atomic E-state index is 12.0. The average molecular weight is 297 g/mol. The summed E-state index contributed by atoms with van der Waals surface area (Å²) in [5.41, 5.74) is 7.10. The molecule has 1 unspecified atom stereocenters. The van der Waals surface area contributed by atoms with E-state index in [1.165, 1.54) is 5.56 Å². The molecule has 3 nitrogen and oxygen atoms in total. The highest BCUT2D eigenvalue weighted by atomic mass is 35.5. The van der Waals surface area contributed by atoms with Gasteiger partial charge >= 0.3 is 0 Å². The normalized spacial score (nSPS) is 23.5. The second-order valence-electron chi connectivity index (χ2n) is 5.70. The van der Waals surface area contributed by atoms with Crippen LogP contribution < -0.4 is 11.1 Å². The van der Waals surface area contributed by atoms with Crippen molar-refractivity contribution in [1.29, 1.82) is 0 Å². The SMILES string of the molecule is CC(CC(=O)NC1CCC(N)CC1)c1ccccc1.Cl. The Balaban J connectivity index is 0.00000200. The molecule has 1 saturated carbocycles. The van der Waals surface area contributed by atoms with Gasteiger partial charge < -0.3 is 11.1 Å². The molecule has 20 heavy (non-hydrogen) atoms. The van der Waals surface area contributed by atoms with Crippen molar-refractivity contribution in [2.24, 2.45) is 5.73 Å². The highest BCUT2D eigenvalue weighted by Crippen LogP contribution is 2.20. The van der Waals surface area contributed by atoms with E-state index >= 15 is 0 Å². The van der Waals surface area contributed by atoms with E-state index in [2.05, 4.69) is 24.4 Å². The molecule has 1 fully saturated rings. The summed E-state index contributed by atoms with van der Waals surface area (Å²) in [4.78, 5) is 12.0. The number of benzene rings is 1. The van der Waals surface area contributed by atoms with Crippen LogP contribution in [0, 0.1) is 0 Å². The first kappa shape index (κ1) is 17.0. The molecule has 1 aliphatic rings.